The number of aromatic nitrogens is 3. The van der Waals surface area contributed by atoms with E-state index < -0.39 is 34.8 Å². The second-order valence-corrected chi connectivity index (χ2v) is 13.0. The number of aryl methyl sites for hydroxylation is 1. The fourth-order valence-corrected chi connectivity index (χ4v) is 6.81. The number of rotatable bonds is 10. The molecule has 2 aliphatic heterocycles. The minimum absolute atomic E-state index is 0.0343. The smallest absolute Gasteiger partial charge is 0.255 e. The molecule has 0 radical (unpaired) electrons. The van der Waals surface area contributed by atoms with Gasteiger partial charge in [0.15, 0.2) is 11.6 Å². The standard InChI is InChI=1S/C38H36F4N6O3/c1-25-16-31(47-14-12-46(13-15-47)30-6-2-27(3-7-30)37(49)45-29-5-10-33(40)35(42)18-29)8-11-36(25)50-20-26-19-38(51-21-26,22-48-24-43-23-44-48)32-9-4-28(39)17-34(32)41/h2-11,16-18,23-24,26H,12-15,19-22H2,1H3,(H,45,49)/t26-,38+/m1/s1. The number of ether oxygens (including phenoxy) is 2. The third-order valence-electron chi connectivity index (χ3n) is 9.47. The van der Waals surface area contributed by atoms with Crippen molar-refractivity contribution in [2.45, 2.75) is 25.5 Å². The Morgan fingerprint density at radius 1 is 0.882 bits per heavy atom. The third kappa shape index (κ3) is 7.53. The molecule has 264 valence electrons. The topological polar surface area (TPSA) is 84.8 Å². The number of benzene rings is 4. The summed E-state index contributed by atoms with van der Waals surface area (Å²) < 4.78 is 69.6. The Balaban J connectivity index is 0.925. The van der Waals surface area contributed by atoms with E-state index in [9.17, 15) is 22.4 Å². The fraction of sp³-hybridized carbons (Fsp3) is 0.289. The molecule has 0 aliphatic carbocycles. The van der Waals surface area contributed by atoms with Crippen molar-refractivity contribution in [2.24, 2.45) is 5.92 Å². The highest BCUT2D eigenvalue weighted by atomic mass is 19.2. The van der Waals surface area contributed by atoms with Crippen LogP contribution in [0.15, 0.2) is 91.5 Å². The van der Waals surface area contributed by atoms with Crippen molar-refractivity contribution in [1.82, 2.24) is 14.8 Å². The molecule has 13 heteroatoms. The molecule has 0 saturated carbocycles. The molecular formula is C38H36F4N6O3. The average molecular weight is 701 g/mol. The van der Waals surface area contributed by atoms with E-state index in [0.29, 0.717) is 25.2 Å². The Kier molecular flexibility index (Phi) is 9.63. The van der Waals surface area contributed by atoms with E-state index >= 15 is 0 Å². The summed E-state index contributed by atoms with van der Waals surface area (Å²) in [7, 11) is 0. The summed E-state index contributed by atoms with van der Waals surface area (Å²) in [5.41, 5.74) is 2.90. The van der Waals surface area contributed by atoms with Crippen molar-refractivity contribution in [3.8, 4) is 5.75 Å². The summed E-state index contributed by atoms with van der Waals surface area (Å²) in [6.45, 7) is 6.11. The molecular weight excluding hydrogens is 664 g/mol. The second kappa shape index (κ2) is 14.4. The van der Waals surface area contributed by atoms with Crippen LogP contribution in [0.3, 0.4) is 0 Å². The molecule has 2 atom stereocenters. The molecule has 51 heavy (non-hydrogen) atoms. The van der Waals surface area contributed by atoms with E-state index in [-0.39, 0.29) is 23.7 Å². The van der Waals surface area contributed by atoms with Crippen LogP contribution in [0.5, 0.6) is 5.75 Å². The van der Waals surface area contributed by atoms with Gasteiger partial charge in [0.25, 0.3) is 5.91 Å². The molecule has 0 bridgehead atoms. The number of halogens is 4. The van der Waals surface area contributed by atoms with Gasteiger partial charge in [0.1, 0.15) is 35.6 Å². The van der Waals surface area contributed by atoms with Crippen LogP contribution in [-0.2, 0) is 16.9 Å². The largest absolute Gasteiger partial charge is 0.493 e. The summed E-state index contributed by atoms with van der Waals surface area (Å²) in [6, 6.07) is 20.1. The second-order valence-electron chi connectivity index (χ2n) is 13.0. The van der Waals surface area contributed by atoms with Gasteiger partial charge in [-0.15, -0.1) is 0 Å². The monoisotopic (exact) mass is 700 g/mol. The number of carbonyl (C=O) groups excluding carboxylic acids is 1. The molecule has 5 aromatic rings. The Morgan fingerprint density at radius 2 is 1.63 bits per heavy atom. The Bertz CT molecular complexity index is 2000. The van der Waals surface area contributed by atoms with Crippen LogP contribution in [-0.4, -0.2) is 60.1 Å². The highest BCUT2D eigenvalue weighted by Gasteiger charge is 2.44. The highest BCUT2D eigenvalue weighted by Crippen LogP contribution is 2.42. The molecule has 1 N–H and O–H groups in total. The van der Waals surface area contributed by atoms with Crippen molar-refractivity contribution in [3.63, 3.8) is 0 Å². The number of anilines is 3. The van der Waals surface area contributed by atoms with Crippen LogP contribution in [0.4, 0.5) is 34.6 Å². The number of nitrogens with zero attached hydrogens (tertiary/aromatic N) is 5. The Morgan fingerprint density at radius 3 is 2.31 bits per heavy atom. The van der Waals surface area contributed by atoms with E-state index in [1.807, 2.05) is 31.2 Å². The van der Waals surface area contributed by atoms with E-state index in [0.717, 1.165) is 67.1 Å². The first-order chi connectivity index (χ1) is 24.7. The number of hydrogen-bond donors (Lipinski definition) is 1. The van der Waals surface area contributed by atoms with E-state index in [1.54, 1.807) is 23.1 Å². The lowest BCUT2D eigenvalue weighted by Crippen LogP contribution is -2.46. The minimum atomic E-state index is -1.04. The Hall–Kier alpha value is -5.43. The molecule has 4 aromatic carbocycles. The number of carbonyl (C=O) groups is 1. The van der Waals surface area contributed by atoms with Crippen molar-refractivity contribution >= 4 is 23.0 Å². The van der Waals surface area contributed by atoms with Gasteiger partial charge >= 0.3 is 0 Å². The maximum absolute atomic E-state index is 15.0. The predicted molar refractivity (Wildman–Crippen MR) is 184 cm³/mol. The lowest BCUT2D eigenvalue weighted by atomic mass is 9.87. The molecule has 1 aromatic heterocycles. The lowest BCUT2D eigenvalue weighted by Gasteiger charge is -2.37. The zero-order chi connectivity index (χ0) is 35.5. The molecule has 2 aliphatic rings. The van der Waals surface area contributed by atoms with Crippen molar-refractivity contribution < 1.29 is 31.8 Å². The minimum Gasteiger partial charge on any atom is -0.493 e. The van der Waals surface area contributed by atoms with Gasteiger partial charge in [-0.2, -0.15) is 5.10 Å². The summed E-state index contributed by atoms with van der Waals surface area (Å²) in [5.74, 6) is -2.99. The molecule has 2 saturated heterocycles. The van der Waals surface area contributed by atoms with Crippen LogP contribution in [0.1, 0.15) is 27.9 Å². The molecule has 3 heterocycles. The van der Waals surface area contributed by atoms with Crippen molar-refractivity contribution in [3.05, 3.63) is 131 Å². The van der Waals surface area contributed by atoms with E-state index in [4.69, 9.17) is 9.47 Å². The number of hydrogen-bond acceptors (Lipinski definition) is 7. The first-order valence-electron chi connectivity index (χ1n) is 16.7. The lowest BCUT2D eigenvalue weighted by molar-refractivity contribution is -0.0206. The van der Waals surface area contributed by atoms with Crippen LogP contribution in [0, 0.1) is 36.1 Å². The predicted octanol–water partition coefficient (Wildman–Crippen LogP) is 6.73. The van der Waals surface area contributed by atoms with Gasteiger partial charge in [-0.3, -0.25) is 4.79 Å². The number of piperazine rings is 1. The van der Waals surface area contributed by atoms with E-state index in [2.05, 4.69) is 31.3 Å². The van der Waals surface area contributed by atoms with Crippen LogP contribution in [0.2, 0.25) is 0 Å². The van der Waals surface area contributed by atoms with Gasteiger partial charge in [-0.25, -0.2) is 27.2 Å². The van der Waals surface area contributed by atoms with Gasteiger partial charge in [-0.05, 0) is 79.6 Å². The van der Waals surface area contributed by atoms with E-state index in [1.165, 1.54) is 24.5 Å². The summed E-state index contributed by atoms with van der Waals surface area (Å²) in [5, 5.41) is 6.77. The van der Waals surface area contributed by atoms with Crippen LogP contribution in [0.25, 0.3) is 0 Å². The first kappa shape index (κ1) is 34.0. The van der Waals surface area contributed by atoms with Crippen LogP contribution < -0.4 is 19.9 Å². The highest BCUT2D eigenvalue weighted by molar-refractivity contribution is 6.04. The zero-order valence-corrected chi connectivity index (χ0v) is 27.9. The summed E-state index contributed by atoms with van der Waals surface area (Å²) in [6.07, 6.45) is 3.42. The molecule has 0 unspecified atom stereocenters. The Labute approximate surface area is 292 Å². The maximum Gasteiger partial charge on any atom is 0.255 e. The quantitative estimate of drug-likeness (QED) is 0.162. The maximum atomic E-state index is 15.0. The fourth-order valence-electron chi connectivity index (χ4n) is 6.81. The summed E-state index contributed by atoms with van der Waals surface area (Å²) in [4.78, 5) is 21.2. The number of amides is 1. The molecule has 2 fully saturated rings. The number of nitrogens with one attached hydrogen (secondary N) is 1. The SMILES string of the molecule is Cc1cc(N2CCN(c3ccc(C(=O)Nc4ccc(F)c(F)c4)cc3)CC2)ccc1OC[C@@H]1CO[C@@](Cn2cncn2)(c2ccc(F)cc2F)C1. The summed E-state index contributed by atoms with van der Waals surface area (Å²) >= 11 is 0. The zero-order valence-electron chi connectivity index (χ0n) is 27.9. The van der Waals surface area contributed by atoms with Crippen LogP contribution >= 0.6 is 0 Å². The van der Waals surface area contributed by atoms with Gasteiger partial charge < -0.3 is 24.6 Å². The molecule has 9 nitrogen and oxygen atoms in total. The molecule has 7 rings (SSSR count). The van der Waals surface area contributed by atoms with Crippen molar-refractivity contribution in [1.29, 1.82) is 0 Å². The van der Waals surface area contributed by atoms with Gasteiger partial charge in [0, 0.05) is 72.4 Å². The molecule has 1 amide bonds. The van der Waals surface area contributed by atoms with Gasteiger partial charge in [0.05, 0.1) is 19.8 Å². The molecule has 0 spiro atoms. The first-order valence-corrected chi connectivity index (χ1v) is 16.7. The average Bonchev–Trinajstić information content (AvgIpc) is 3.80. The third-order valence-corrected chi connectivity index (χ3v) is 9.47. The van der Waals surface area contributed by atoms with Gasteiger partial charge in [0.2, 0.25) is 0 Å². The van der Waals surface area contributed by atoms with Crippen molar-refractivity contribution in [2.75, 3.05) is 54.5 Å². The van der Waals surface area contributed by atoms with Gasteiger partial charge in [-0.1, -0.05) is 6.07 Å². The normalized spacial score (nSPS) is 19.0.